The Hall–Kier alpha value is -3.36. The Labute approximate surface area is 190 Å². The van der Waals surface area contributed by atoms with Crippen LogP contribution in [0.15, 0.2) is 53.2 Å². The molecule has 0 aliphatic carbocycles. The number of halogens is 1. The van der Waals surface area contributed by atoms with Crippen molar-refractivity contribution in [2.75, 3.05) is 43.6 Å². The second-order valence-corrected chi connectivity index (χ2v) is 7.79. The Morgan fingerprint density at radius 3 is 2.41 bits per heavy atom. The molecule has 32 heavy (non-hydrogen) atoms. The molecule has 1 saturated heterocycles. The van der Waals surface area contributed by atoms with Crippen LogP contribution in [0.2, 0.25) is 0 Å². The third kappa shape index (κ3) is 4.06. The van der Waals surface area contributed by atoms with Crippen molar-refractivity contribution < 1.29 is 23.9 Å². The molecule has 2 aliphatic heterocycles. The van der Waals surface area contributed by atoms with E-state index in [2.05, 4.69) is 5.32 Å². The highest BCUT2D eigenvalue weighted by Gasteiger charge is 2.40. The lowest BCUT2D eigenvalue weighted by atomic mass is 10.1. The van der Waals surface area contributed by atoms with Crippen molar-refractivity contribution in [2.24, 2.45) is 0 Å². The Kier molecular flexibility index (Phi) is 6.16. The van der Waals surface area contributed by atoms with E-state index < -0.39 is 11.8 Å². The largest absolute Gasteiger partial charge is 0.495 e. The van der Waals surface area contributed by atoms with Crippen molar-refractivity contribution in [2.45, 2.75) is 6.92 Å². The summed E-state index contributed by atoms with van der Waals surface area (Å²) in [5.41, 5.74) is 2.20. The number of nitrogens with zero attached hydrogens (tertiary/aromatic N) is 2. The number of hydrogen-bond acceptors (Lipinski definition) is 6. The van der Waals surface area contributed by atoms with Gasteiger partial charge in [0.1, 0.15) is 16.5 Å². The molecule has 0 aromatic heterocycles. The fourth-order valence-electron chi connectivity index (χ4n) is 3.59. The zero-order valence-electron chi connectivity index (χ0n) is 17.7. The molecule has 4 rings (SSSR count). The maximum Gasteiger partial charge on any atom is 0.283 e. The van der Waals surface area contributed by atoms with Crippen LogP contribution in [0.25, 0.3) is 0 Å². The summed E-state index contributed by atoms with van der Waals surface area (Å²) < 4.78 is 10.6. The average Bonchev–Trinajstić information content (AvgIpc) is 3.02. The Bertz CT molecular complexity index is 1110. The van der Waals surface area contributed by atoms with Gasteiger partial charge in [0.25, 0.3) is 17.7 Å². The number of methoxy groups -OCH3 is 1. The van der Waals surface area contributed by atoms with E-state index in [1.807, 2.05) is 13.0 Å². The monoisotopic (exact) mass is 455 g/mol. The van der Waals surface area contributed by atoms with Crippen LogP contribution in [0.5, 0.6) is 5.75 Å². The number of ether oxygens (including phenoxy) is 2. The van der Waals surface area contributed by atoms with Crippen LogP contribution in [0.4, 0.5) is 11.4 Å². The van der Waals surface area contributed by atoms with E-state index in [1.54, 1.807) is 41.3 Å². The predicted molar refractivity (Wildman–Crippen MR) is 120 cm³/mol. The second-order valence-electron chi connectivity index (χ2n) is 7.42. The normalized spacial score (nSPS) is 16.6. The topological polar surface area (TPSA) is 88.2 Å². The third-order valence-corrected chi connectivity index (χ3v) is 5.65. The molecule has 1 fully saturated rings. The summed E-state index contributed by atoms with van der Waals surface area (Å²) in [6.45, 7) is 4.00. The van der Waals surface area contributed by atoms with Gasteiger partial charge in [0.05, 0.1) is 26.0 Å². The molecule has 166 valence electrons. The van der Waals surface area contributed by atoms with Crippen molar-refractivity contribution in [3.8, 4) is 5.75 Å². The lowest BCUT2D eigenvalue weighted by molar-refractivity contribution is -0.120. The molecule has 2 aromatic rings. The lowest BCUT2D eigenvalue weighted by Gasteiger charge is -2.26. The number of carbonyl (C=O) groups excluding carboxylic acids is 3. The van der Waals surface area contributed by atoms with Crippen molar-refractivity contribution in [1.82, 2.24) is 4.90 Å². The van der Waals surface area contributed by atoms with Crippen molar-refractivity contribution in [3.05, 3.63) is 64.3 Å². The van der Waals surface area contributed by atoms with Gasteiger partial charge >= 0.3 is 0 Å². The molecule has 0 spiro atoms. The first-order valence-electron chi connectivity index (χ1n) is 10.1. The number of hydrogen-bond donors (Lipinski definition) is 1. The van der Waals surface area contributed by atoms with Gasteiger partial charge in [-0.3, -0.25) is 14.4 Å². The number of morpholine rings is 1. The minimum absolute atomic E-state index is 0.0347. The number of aryl methyl sites for hydroxylation is 1. The highest BCUT2D eigenvalue weighted by atomic mass is 35.5. The lowest BCUT2D eigenvalue weighted by Crippen LogP contribution is -2.40. The fourth-order valence-corrected chi connectivity index (χ4v) is 3.81. The van der Waals surface area contributed by atoms with Crippen LogP contribution < -0.4 is 15.0 Å². The Balaban J connectivity index is 1.53. The predicted octanol–water partition coefficient (Wildman–Crippen LogP) is 2.91. The minimum Gasteiger partial charge on any atom is -0.495 e. The van der Waals surface area contributed by atoms with Crippen molar-refractivity contribution >= 4 is 40.7 Å². The van der Waals surface area contributed by atoms with Crippen LogP contribution in [-0.4, -0.2) is 56.0 Å². The molecule has 0 bridgehead atoms. The number of imide groups is 1. The van der Waals surface area contributed by atoms with E-state index in [1.165, 1.54) is 7.11 Å². The van der Waals surface area contributed by atoms with Crippen LogP contribution in [0, 0.1) is 6.92 Å². The van der Waals surface area contributed by atoms with Gasteiger partial charge in [0, 0.05) is 24.3 Å². The van der Waals surface area contributed by atoms with Gasteiger partial charge in [-0.05, 0) is 48.9 Å². The highest BCUT2D eigenvalue weighted by Crippen LogP contribution is 2.36. The molecule has 0 unspecified atom stereocenters. The Morgan fingerprint density at radius 2 is 1.75 bits per heavy atom. The first-order chi connectivity index (χ1) is 15.4. The molecule has 0 saturated carbocycles. The first-order valence-corrected chi connectivity index (χ1v) is 10.5. The average molecular weight is 456 g/mol. The molecule has 2 heterocycles. The molecular weight excluding hydrogens is 434 g/mol. The van der Waals surface area contributed by atoms with Crippen molar-refractivity contribution in [1.29, 1.82) is 0 Å². The van der Waals surface area contributed by atoms with Crippen molar-refractivity contribution in [3.63, 3.8) is 0 Å². The van der Waals surface area contributed by atoms with Gasteiger partial charge in [-0.2, -0.15) is 0 Å². The maximum absolute atomic E-state index is 13.1. The van der Waals surface area contributed by atoms with Crippen LogP contribution >= 0.6 is 11.6 Å². The van der Waals surface area contributed by atoms with E-state index in [0.29, 0.717) is 49.0 Å². The summed E-state index contributed by atoms with van der Waals surface area (Å²) in [5.74, 6) is -0.921. The number of benzene rings is 2. The zero-order chi connectivity index (χ0) is 22.8. The molecule has 0 radical (unpaired) electrons. The smallest absolute Gasteiger partial charge is 0.283 e. The molecule has 8 nitrogen and oxygen atoms in total. The zero-order valence-corrected chi connectivity index (χ0v) is 18.4. The molecule has 0 atom stereocenters. The van der Waals surface area contributed by atoms with Gasteiger partial charge < -0.3 is 19.7 Å². The van der Waals surface area contributed by atoms with Gasteiger partial charge in [0.15, 0.2) is 0 Å². The van der Waals surface area contributed by atoms with Gasteiger partial charge in [0.2, 0.25) is 0 Å². The fraction of sp³-hybridized carbons (Fsp3) is 0.261. The van der Waals surface area contributed by atoms with E-state index in [4.69, 9.17) is 21.1 Å². The summed E-state index contributed by atoms with van der Waals surface area (Å²) in [5, 5.41) is 2.70. The molecule has 9 heteroatoms. The molecular formula is C23H22ClN3O5. The number of nitrogens with one attached hydrogen (secondary N) is 1. The maximum atomic E-state index is 13.1. The summed E-state index contributed by atoms with van der Waals surface area (Å²) in [6.07, 6.45) is 0. The minimum atomic E-state index is -0.637. The summed E-state index contributed by atoms with van der Waals surface area (Å²) in [6, 6.07) is 11.9. The van der Waals surface area contributed by atoms with Crippen LogP contribution in [0.3, 0.4) is 0 Å². The van der Waals surface area contributed by atoms with Gasteiger partial charge in [-0.15, -0.1) is 0 Å². The number of rotatable bonds is 5. The number of anilines is 2. The molecule has 3 amide bonds. The highest BCUT2D eigenvalue weighted by molar-refractivity contribution is 6.53. The van der Waals surface area contributed by atoms with Crippen LogP contribution in [-0.2, 0) is 14.3 Å². The summed E-state index contributed by atoms with van der Waals surface area (Å²) >= 11 is 6.23. The van der Waals surface area contributed by atoms with E-state index in [-0.39, 0.29) is 16.6 Å². The molecule has 1 N–H and O–H groups in total. The van der Waals surface area contributed by atoms with E-state index in [9.17, 15) is 14.4 Å². The first kappa shape index (κ1) is 21.9. The standard InChI is InChI=1S/C23H22ClN3O5/c1-14-3-8-18(31-2)17(13-14)27-22(29)19(24)20(23(27)30)25-16-6-4-15(5-7-16)21(28)26-9-11-32-12-10-26/h3-8,13,25H,9-12H2,1-2H3. The quantitative estimate of drug-likeness (QED) is 0.697. The van der Waals surface area contributed by atoms with Gasteiger partial charge in [-0.25, -0.2) is 4.90 Å². The third-order valence-electron chi connectivity index (χ3n) is 5.30. The summed E-state index contributed by atoms with van der Waals surface area (Å²) in [7, 11) is 1.47. The number of carbonyl (C=O) groups is 3. The second kappa shape index (κ2) is 9.02. The summed E-state index contributed by atoms with van der Waals surface area (Å²) in [4.78, 5) is 41.2. The molecule has 2 aliphatic rings. The Morgan fingerprint density at radius 1 is 1.06 bits per heavy atom. The SMILES string of the molecule is COc1ccc(C)cc1N1C(=O)C(Cl)=C(Nc2ccc(C(=O)N3CCOCC3)cc2)C1=O. The van der Waals surface area contributed by atoms with E-state index in [0.717, 1.165) is 10.5 Å². The van der Waals surface area contributed by atoms with E-state index >= 15 is 0 Å². The van der Waals surface area contributed by atoms with Gasteiger partial charge in [-0.1, -0.05) is 17.7 Å². The molecule has 2 aromatic carbocycles. The van der Waals surface area contributed by atoms with Crippen LogP contribution in [0.1, 0.15) is 15.9 Å². The number of amides is 3.